The normalized spacial score (nSPS) is 17.1. The maximum atomic E-state index is 13.3. The first kappa shape index (κ1) is 20.9. The van der Waals surface area contributed by atoms with E-state index in [2.05, 4.69) is 4.99 Å². The van der Waals surface area contributed by atoms with E-state index in [1.165, 1.54) is 0 Å². The molecule has 0 unspecified atom stereocenters. The quantitative estimate of drug-likeness (QED) is 0.446. The first-order valence-corrected chi connectivity index (χ1v) is 9.50. The van der Waals surface area contributed by atoms with E-state index in [-0.39, 0.29) is 23.9 Å². The number of nitrogens with zero attached hydrogens (tertiary/aromatic N) is 2. The lowest BCUT2D eigenvalue weighted by molar-refractivity contribution is -0.138. The average Bonchev–Trinajstić information content (AvgIpc) is 2.76. The predicted octanol–water partition coefficient (Wildman–Crippen LogP) is 2.56. The van der Waals surface area contributed by atoms with Crippen molar-refractivity contribution in [3.8, 4) is 5.75 Å². The number of benzene rings is 2. The van der Waals surface area contributed by atoms with Crippen molar-refractivity contribution < 1.29 is 19.1 Å². The van der Waals surface area contributed by atoms with Crippen LogP contribution in [-0.4, -0.2) is 37.8 Å². The van der Waals surface area contributed by atoms with Crippen LogP contribution in [0.25, 0.3) is 0 Å². The molecule has 0 spiro atoms. The summed E-state index contributed by atoms with van der Waals surface area (Å²) in [5, 5.41) is 0. The van der Waals surface area contributed by atoms with Gasteiger partial charge in [-0.05, 0) is 61.9 Å². The molecule has 8 heteroatoms. The third-order valence-corrected chi connectivity index (χ3v) is 4.66. The summed E-state index contributed by atoms with van der Waals surface area (Å²) in [6.45, 7) is 2.22. The molecule has 1 amide bonds. The van der Waals surface area contributed by atoms with Crippen molar-refractivity contribution in [2.45, 2.75) is 13.3 Å². The van der Waals surface area contributed by atoms with Crippen molar-refractivity contribution in [1.29, 1.82) is 0 Å². The predicted molar refractivity (Wildman–Crippen MR) is 116 cm³/mol. The van der Waals surface area contributed by atoms with Crippen molar-refractivity contribution >= 4 is 34.7 Å². The summed E-state index contributed by atoms with van der Waals surface area (Å²) in [6.07, 6.45) is 0.357. The number of carbonyl (C=O) groups excluding carboxylic acids is 2. The van der Waals surface area contributed by atoms with Gasteiger partial charge in [0, 0.05) is 23.5 Å². The van der Waals surface area contributed by atoms with Crippen LogP contribution < -0.4 is 21.1 Å². The van der Waals surface area contributed by atoms with Gasteiger partial charge in [-0.3, -0.25) is 4.79 Å². The molecule has 0 atom stereocenters. The summed E-state index contributed by atoms with van der Waals surface area (Å²) in [5.41, 5.74) is 14.0. The highest BCUT2D eigenvalue weighted by atomic mass is 16.5. The SMILES string of the molecule is CCOC(=O)C(N)=C1CCN(c2ccc(N)cc2)C(=O)C1=Nc1ccc(OC)cc1. The molecule has 0 aromatic heterocycles. The molecule has 0 saturated carbocycles. The second kappa shape index (κ2) is 9.13. The minimum atomic E-state index is -0.663. The maximum Gasteiger partial charge on any atom is 0.354 e. The van der Waals surface area contributed by atoms with E-state index < -0.39 is 5.97 Å². The van der Waals surface area contributed by atoms with Gasteiger partial charge in [0.05, 0.1) is 19.4 Å². The first-order valence-electron chi connectivity index (χ1n) is 9.50. The zero-order valence-corrected chi connectivity index (χ0v) is 16.9. The molecule has 1 aliphatic heterocycles. The number of rotatable bonds is 5. The van der Waals surface area contributed by atoms with Crippen LogP contribution in [0.15, 0.2) is 64.8 Å². The Labute approximate surface area is 174 Å². The molecule has 156 valence electrons. The minimum Gasteiger partial charge on any atom is -0.497 e. The van der Waals surface area contributed by atoms with Crippen molar-refractivity contribution in [3.63, 3.8) is 0 Å². The zero-order valence-electron chi connectivity index (χ0n) is 16.9. The third-order valence-electron chi connectivity index (χ3n) is 4.66. The Bertz CT molecular complexity index is 995. The van der Waals surface area contributed by atoms with Gasteiger partial charge >= 0.3 is 5.97 Å². The molecule has 1 fully saturated rings. The number of hydrogen-bond acceptors (Lipinski definition) is 7. The van der Waals surface area contributed by atoms with Crippen LogP contribution in [0, 0.1) is 0 Å². The minimum absolute atomic E-state index is 0.102. The van der Waals surface area contributed by atoms with E-state index in [0.29, 0.717) is 41.4 Å². The number of nitrogen functional groups attached to an aromatic ring is 1. The fourth-order valence-corrected chi connectivity index (χ4v) is 3.10. The van der Waals surface area contributed by atoms with Gasteiger partial charge in [-0.2, -0.15) is 0 Å². The fourth-order valence-electron chi connectivity index (χ4n) is 3.10. The lowest BCUT2D eigenvalue weighted by Crippen LogP contribution is -2.44. The summed E-state index contributed by atoms with van der Waals surface area (Å²) < 4.78 is 10.2. The molecule has 4 N–H and O–H groups in total. The maximum absolute atomic E-state index is 13.3. The van der Waals surface area contributed by atoms with Gasteiger partial charge in [-0.15, -0.1) is 0 Å². The van der Waals surface area contributed by atoms with Gasteiger partial charge in [-0.1, -0.05) is 0 Å². The third kappa shape index (κ3) is 4.43. The summed E-state index contributed by atoms with van der Waals surface area (Å²) in [5.74, 6) is -0.355. The molecule has 2 aromatic carbocycles. The number of amides is 1. The number of methoxy groups -OCH3 is 1. The molecule has 1 aliphatic rings. The van der Waals surface area contributed by atoms with Gasteiger partial charge in [0.15, 0.2) is 0 Å². The smallest absolute Gasteiger partial charge is 0.354 e. The highest BCUT2D eigenvalue weighted by Crippen LogP contribution is 2.27. The monoisotopic (exact) mass is 408 g/mol. The first-order chi connectivity index (χ1) is 14.4. The number of ether oxygens (including phenoxy) is 2. The highest BCUT2D eigenvalue weighted by molar-refractivity contribution is 6.51. The molecule has 0 aliphatic carbocycles. The molecule has 30 heavy (non-hydrogen) atoms. The molecule has 1 heterocycles. The van der Waals surface area contributed by atoms with Gasteiger partial charge in [0.25, 0.3) is 5.91 Å². The van der Waals surface area contributed by atoms with Crippen LogP contribution in [0.3, 0.4) is 0 Å². The van der Waals surface area contributed by atoms with Crippen molar-refractivity contribution in [1.82, 2.24) is 0 Å². The van der Waals surface area contributed by atoms with Crippen LogP contribution >= 0.6 is 0 Å². The highest BCUT2D eigenvalue weighted by Gasteiger charge is 2.33. The number of piperidine rings is 1. The Kier molecular flexibility index (Phi) is 6.36. The van der Waals surface area contributed by atoms with Crippen LogP contribution in [-0.2, 0) is 14.3 Å². The standard InChI is InChI=1S/C22H24N4O4/c1-3-30-22(28)19(24)18-12-13-26(16-8-4-14(23)5-9-16)21(27)20(18)25-15-6-10-17(29-2)11-7-15/h4-11H,3,12-13,23-24H2,1-2H3. The Morgan fingerprint density at radius 2 is 1.80 bits per heavy atom. The molecule has 1 saturated heterocycles. The molecule has 0 radical (unpaired) electrons. The molecular formula is C22H24N4O4. The number of nitrogens with two attached hydrogens (primary N) is 2. The fraction of sp³-hybridized carbons (Fsp3) is 0.227. The lowest BCUT2D eigenvalue weighted by Gasteiger charge is -2.30. The number of anilines is 2. The van der Waals surface area contributed by atoms with Crippen LogP contribution in [0.5, 0.6) is 5.75 Å². The number of esters is 1. The Hall–Kier alpha value is -3.81. The largest absolute Gasteiger partial charge is 0.497 e. The van der Waals surface area contributed by atoms with E-state index in [1.54, 1.807) is 67.5 Å². The van der Waals surface area contributed by atoms with Gasteiger partial charge in [0.1, 0.15) is 17.2 Å². The summed E-state index contributed by atoms with van der Waals surface area (Å²) >= 11 is 0. The Balaban J connectivity index is 2.05. The Morgan fingerprint density at radius 1 is 1.13 bits per heavy atom. The summed E-state index contributed by atoms with van der Waals surface area (Å²) in [4.78, 5) is 31.6. The molecule has 0 bridgehead atoms. The molecule has 3 rings (SSSR count). The van der Waals surface area contributed by atoms with E-state index in [9.17, 15) is 9.59 Å². The van der Waals surface area contributed by atoms with Crippen LogP contribution in [0.1, 0.15) is 13.3 Å². The van der Waals surface area contributed by atoms with Crippen molar-refractivity contribution in [3.05, 3.63) is 59.8 Å². The molecule has 8 nitrogen and oxygen atoms in total. The molecule has 2 aromatic rings. The number of aliphatic imine (C=N–C) groups is 1. The van der Waals surface area contributed by atoms with E-state index in [1.807, 2.05) is 0 Å². The van der Waals surface area contributed by atoms with Crippen LogP contribution in [0.2, 0.25) is 0 Å². The van der Waals surface area contributed by atoms with Gasteiger partial charge < -0.3 is 25.8 Å². The number of hydrogen-bond donors (Lipinski definition) is 2. The lowest BCUT2D eigenvalue weighted by atomic mass is 9.97. The van der Waals surface area contributed by atoms with Crippen molar-refractivity contribution in [2.24, 2.45) is 10.7 Å². The zero-order chi connectivity index (χ0) is 21.7. The average molecular weight is 408 g/mol. The number of carbonyl (C=O) groups is 2. The van der Waals surface area contributed by atoms with Gasteiger partial charge in [0.2, 0.25) is 0 Å². The van der Waals surface area contributed by atoms with Crippen LogP contribution in [0.4, 0.5) is 17.1 Å². The van der Waals surface area contributed by atoms with E-state index in [4.69, 9.17) is 20.9 Å². The second-order valence-corrected chi connectivity index (χ2v) is 6.57. The topological polar surface area (TPSA) is 120 Å². The van der Waals surface area contributed by atoms with Gasteiger partial charge in [-0.25, -0.2) is 9.79 Å². The Morgan fingerprint density at radius 3 is 2.40 bits per heavy atom. The van der Waals surface area contributed by atoms with Crippen molar-refractivity contribution in [2.75, 3.05) is 30.9 Å². The van der Waals surface area contributed by atoms with E-state index in [0.717, 1.165) is 0 Å². The second-order valence-electron chi connectivity index (χ2n) is 6.57. The summed E-state index contributed by atoms with van der Waals surface area (Å²) in [6, 6.07) is 13.9. The summed E-state index contributed by atoms with van der Waals surface area (Å²) in [7, 11) is 1.57. The molecular weight excluding hydrogens is 384 g/mol. The van der Waals surface area contributed by atoms with E-state index >= 15 is 0 Å².